The Morgan fingerprint density at radius 3 is 2.59 bits per heavy atom. The standard InChI is InChI=1S/C24H29N5O3/c1-18(30)25-17-19-8-9-21-22(16-19)29(11-5-10-28-12-14-32-15-13-28)24(26-21)27-23(31)20-6-3-2-4-7-20/h2-4,6-9,16H,5,10-15,17H2,1H3,(H,25,30)(H,26,27,31). The number of fused-ring (bicyclic) bond motifs is 1. The van der Waals surface area contributed by atoms with Crippen molar-refractivity contribution in [1.82, 2.24) is 19.8 Å². The predicted molar refractivity (Wildman–Crippen MR) is 124 cm³/mol. The van der Waals surface area contributed by atoms with E-state index in [1.54, 1.807) is 12.1 Å². The first-order valence-electron chi connectivity index (χ1n) is 11.0. The van der Waals surface area contributed by atoms with Gasteiger partial charge in [-0.25, -0.2) is 4.98 Å². The van der Waals surface area contributed by atoms with Crippen molar-refractivity contribution in [3.05, 3.63) is 59.7 Å². The van der Waals surface area contributed by atoms with Gasteiger partial charge in [0.25, 0.3) is 5.91 Å². The van der Waals surface area contributed by atoms with Gasteiger partial charge in [0.15, 0.2) is 0 Å². The zero-order chi connectivity index (χ0) is 22.3. The van der Waals surface area contributed by atoms with Crippen molar-refractivity contribution in [2.75, 3.05) is 38.2 Å². The summed E-state index contributed by atoms with van der Waals surface area (Å²) in [4.78, 5) is 31.2. The van der Waals surface area contributed by atoms with Gasteiger partial charge < -0.3 is 14.6 Å². The van der Waals surface area contributed by atoms with Gasteiger partial charge in [-0.1, -0.05) is 24.3 Å². The highest BCUT2D eigenvalue weighted by Gasteiger charge is 2.16. The summed E-state index contributed by atoms with van der Waals surface area (Å²) in [5.41, 5.74) is 3.33. The molecule has 0 spiro atoms. The lowest BCUT2D eigenvalue weighted by atomic mass is 10.2. The van der Waals surface area contributed by atoms with Gasteiger partial charge in [0.05, 0.1) is 24.2 Å². The number of aromatic nitrogens is 2. The minimum Gasteiger partial charge on any atom is -0.379 e. The summed E-state index contributed by atoms with van der Waals surface area (Å²) in [6.07, 6.45) is 0.926. The van der Waals surface area contributed by atoms with E-state index in [0.29, 0.717) is 18.1 Å². The highest BCUT2D eigenvalue weighted by atomic mass is 16.5. The minimum absolute atomic E-state index is 0.0695. The Labute approximate surface area is 187 Å². The van der Waals surface area contributed by atoms with Crippen LogP contribution in [0.3, 0.4) is 0 Å². The van der Waals surface area contributed by atoms with Crippen LogP contribution >= 0.6 is 0 Å². The van der Waals surface area contributed by atoms with E-state index in [1.165, 1.54) is 6.92 Å². The second-order valence-electron chi connectivity index (χ2n) is 7.95. The number of hydrogen-bond acceptors (Lipinski definition) is 5. The molecule has 1 aromatic heterocycles. The number of anilines is 1. The highest BCUT2D eigenvalue weighted by Crippen LogP contribution is 2.23. The summed E-state index contributed by atoms with van der Waals surface area (Å²) < 4.78 is 7.50. The largest absolute Gasteiger partial charge is 0.379 e. The fraction of sp³-hybridized carbons (Fsp3) is 0.375. The summed E-state index contributed by atoms with van der Waals surface area (Å²) >= 11 is 0. The van der Waals surface area contributed by atoms with Crippen molar-refractivity contribution in [1.29, 1.82) is 0 Å². The lowest BCUT2D eigenvalue weighted by Gasteiger charge is -2.26. The molecule has 0 radical (unpaired) electrons. The van der Waals surface area contributed by atoms with Crippen LogP contribution in [-0.4, -0.2) is 59.1 Å². The lowest BCUT2D eigenvalue weighted by molar-refractivity contribution is -0.119. The molecule has 0 saturated carbocycles. The first-order valence-corrected chi connectivity index (χ1v) is 11.0. The average molecular weight is 436 g/mol. The molecule has 2 amide bonds. The molecular formula is C24H29N5O3. The summed E-state index contributed by atoms with van der Waals surface area (Å²) in [6.45, 7) is 7.09. The lowest BCUT2D eigenvalue weighted by Crippen LogP contribution is -2.37. The van der Waals surface area contributed by atoms with Gasteiger partial charge in [0.1, 0.15) is 0 Å². The van der Waals surface area contributed by atoms with Gasteiger partial charge in [-0.2, -0.15) is 0 Å². The Morgan fingerprint density at radius 1 is 1.06 bits per heavy atom. The third-order valence-corrected chi connectivity index (χ3v) is 5.58. The fourth-order valence-electron chi connectivity index (χ4n) is 3.87. The number of nitrogens with zero attached hydrogens (tertiary/aromatic N) is 3. The maximum atomic E-state index is 12.8. The summed E-state index contributed by atoms with van der Waals surface area (Å²) in [7, 11) is 0. The maximum absolute atomic E-state index is 12.8. The van der Waals surface area contributed by atoms with Gasteiger partial charge in [-0.3, -0.25) is 19.8 Å². The van der Waals surface area contributed by atoms with Crippen molar-refractivity contribution < 1.29 is 14.3 Å². The van der Waals surface area contributed by atoms with Gasteiger partial charge >= 0.3 is 0 Å². The first kappa shape index (κ1) is 22.0. The molecule has 2 N–H and O–H groups in total. The fourth-order valence-corrected chi connectivity index (χ4v) is 3.87. The Bertz CT molecular complexity index is 1070. The van der Waals surface area contributed by atoms with E-state index >= 15 is 0 Å². The topological polar surface area (TPSA) is 88.5 Å². The molecule has 1 saturated heterocycles. The molecule has 168 valence electrons. The van der Waals surface area contributed by atoms with Crippen LogP contribution in [0.2, 0.25) is 0 Å². The van der Waals surface area contributed by atoms with Gasteiger partial charge in [0, 0.05) is 45.2 Å². The molecule has 0 bridgehead atoms. The van der Waals surface area contributed by atoms with E-state index < -0.39 is 0 Å². The van der Waals surface area contributed by atoms with E-state index in [2.05, 4.69) is 25.1 Å². The number of carbonyl (C=O) groups is 2. The maximum Gasteiger partial charge on any atom is 0.257 e. The average Bonchev–Trinajstić information content (AvgIpc) is 3.15. The van der Waals surface area contributed by atoms with Crippen molar-refractivity contribution in [3.63, 3.8) is 0 Å². The second-order valence-corrected chi connectivity index (χ2v) is 7.95. The zero-order valence-corrected chi connectivity index (χ0v) is 18.3. The molecule has 2 aromatic carbocycles. The number of ether oxygens (including phenoxy) is 1. The smallest absolute Gasteiger partial charge is 0.257 e. The zero-order valence-electron chi connectivity index (χ0n) is 18.3. The van der Waals surface area contributed by atoms with E-state index in [4.69, 9.17) is 4.74 Å². The Balaban J connectivity index is 1.57. The number of hydrogen-bond donors (Lipinski definition) is 2. The predicted octanol–water partition coefficient (Wildman–Crippen LogP) is 2.65. The van der Waals surface area contributed by atoms with Crippen LogP contribution in [-0.2, 0) is 22.6 Å². The third-order valence-electron chi connectivity index (χ3n) is 5.58. The number of nitrogens with one attached hydrogen (secondary N) is 2. The molecule has 8 nitrogen and oxygen atoms in total. The second kappa shape index (κ2) is 10.4. The monoisotopic (exact) mass is 435 g/mol. The van der Waals surface area contributed by atoms with Crippen molar-refractivity contribution in [3.8, 4) is 0 Å². The van der Waals surface area contributed by atoms with Crippen molar-refractivity contribution in [2.45, 2.75) is 26.4 Å². The molecule has 1 fully saturated rings. The molecule has 1 aliphatic heterocycles. The van der Waals surface area contributed by atoms with E-state index in [0.717, 1.165) is 62.4 Å². The summed E-state index contributed by atoms with van der Waals surface area (Å²) in [5, 5.41) is 5.82. The van der Waals surface area contributed by atoms with Crippen LogP contribution in [0.1, 0.15) is 29.3 Å². The Hall–Kier alpha value is -3.23. The third kappa shape index (κ3) is 5.52. The molecule has 0 atom stereocenters. The van der Waals surface area contributed by atoms with Crippen molar-refractivity contribution in [2.24, 2.45) is 0 Å². The number of benzene rings is 2. The minimum atomic E-state index is -0.186. The van der Waals surface area contributed by atoms with Gasteiger partial charge in [-0.15, -0.1) is 0 Å². The molecule has 4 rings (SSSR count). The Morgan fingerprint density at radius 2 is 1.84 bits per heavy atom. The van der Waals surface area contributed by atoms with Crippen LogP contribution in [0, 0.1) is 0 Å². The highest BCUT2D eigenvalue weighted by molar-refractivity contribution is 6.04. The summed E-state index contributed by atoms with van der Waals surface area (Å²) in [6, 6.07) is 15.1. The van der Waals surface area contributed by atoms with Crippen LogP contribution in [0.25, 0.3) is 11.0 Å². The SMILES string of the molecule is CC(=O)NCc1ccc2nc(NC(=O)c3ccccc3)n(CCCN3CCOCC3)c2c1. The van der Waals surface area contributed by atoms with Gasteiger partial charge in [-0.05, 0) is 36.2 Å². The molecular weight excluding hydrogens is 406 g/mol. The van der Waals surface area contributed by atoms with E-state index in [1.807, 2.05) is 36.4 Å². The molecule has 0 aliphatic carbocycles. The van der Waals surface area contributed by atoms with Gasteiger partial charge in [0.2, 0.25) is 11.9 Å². The molecule has 0 unspecified atom stereocenters. The van der Waals surface area contributed by atoms with Crippen LogP contribution in [0.15, 0.2) is 48.5 Å². The normalized spacial score (nSPS) is 14.4. The number of amides is 2. The quantitative estimate of drug-likeness (QED) is 0.568. The van der Waals surface area contributed by atoms with E-state index in [-0.39, 0.29) is 11.8 Å². The molecule has 2 heterocycles. The van der Waals surface area contributed by atoms with E-state index in [9.17, 15) is 9.59 Å². The molecule has 8 heteroatoms. The van der Waals surface area contributed by atoms with Crippen LogP contribution in [0.5, 0.6) is 0 Å². The number of morpholine rings is 1. The van der Waals surface area contributed by atoms with Crippen LogP contribution in [0.4, 0.5) is 5.95 Å². The molecule has 32 heavy (non-hydrogen) atoms. The van der Waals surface area contributed by atoms with Crippen molar-refractivity contribution >= 4 is 28.8 Å². The number of carbonyl (C=O) groups excluding carboxylic acids is 2. The number of rotatable bonds is 8. The number of aryl methyl sites for hydroxylation is 1. The van der Waals surface area contributed by atoms with Crippen LogP contribution < -0.4 is 10.6 Å². The number of imidazole rings is 1. The molecule has 3 aromatic rings. The molecule has 1 aliphatic rings. The Kier molecular flexibility index (Phi) is 7.14. The summed E-state index contributed by atoms with van der Waals surface area (Å²) in [5.74, 6) is 0.279. The first-order chi connectivity index (χ1) is 15.6.